The monoisotopic (exact) mass is 516 g/mol. The topological polar surface area (TPSA) is 86.7 Å². The lowest BCUT2D eigenvalue weighted by molar-refractivity contribution is -0.122. The summed E-state index contributed by atoms with van der Waals surface area (Å²) in [5.74, 6) is 1.21. The summed E-state index contributed by atoms with van der Waals surface area (Å²) in [6.45, 7) is 3.26. The number of hydrogen-bond donors (Lipinski definition) is 0. The molecule has 3 aromatic rings. The molecule has 0 aliphatic rings. The van der Waals surface area contributed by atoms with Gasteiger partial charge in [-0.2, -0.15) is 0 Å². The highest BCUT2D eigenvalue weighted by molar-refractivity contribution is 5.94. The molecule has 38 heavy (non-hydrogen) atoms. The van der Waals surface area contributed by atoms with Gasteiger partial charge in [0.1, 0.15) is 18.1 Å². The Bertz CT molecular complexity index is 1190. The van der Waals surface area contributed by atoms with Gasteiger partial charge in [-0.15, -0.1) is 0 Å². The van der Waals surface area contributed by atoms with Gasteiger partial charge in [0.15, 0.2) is 17.3 Å². The number of ketones is 4. The fourth-order valence-electron chi connectivity index (χ4n) is 3.67. The van der Waals surface area contributed by atoms with Gasteiger partial charge < -0.3 is 9.47 Å². The van der Waals surface area contributed by atoms with Crippen LogP contribution in [0, 0.1) is 0 Å². The van der Waals surface area contributed by atoms with Crippen molar-refractivity contribution in [3.8, 4) is 5.75 Å². The van der Waals surface area contributed by atoms with E-state index in [-0.39, 0.29) is 29.7 Å². The zero-order chi connectivity index (χ0) is 27.9. The van der Waals surface area contributed by atoms with Crippen molar-refractivity contribution in [1.82, 2.24) is 0 Å². The predicted molar refractivity (Wildman–Crippen MR) is 148 cm³/mol. The van der Waals surface area contributed by atoms with E-state index in [0.29, 0.717) is 43.2 Å². The Morgan fingerprint density at radius 1 is 0.579 bits per heavy atom. The Kier molecular flexibility index (Phi) is 12.8. The van der Waals surface area contributed by atoms with Crippen molar-refractivity contribution in [1.29, 1.82) is 0 Å². The van der Waals surface area contributed by atoms with Crippen LogP contribution in [0.3, 0.4) is 0 Å². The lowest BCUT2D eigenvalue weighted by Gasteiger charge is -2.04. The number of carbonyl (C=O) groups is 4. The maximum absolute atomic E-state index is 12.0. The number of ether oxygens (including phenoxy) is 2. The minimum Gasteiger partial charge on any atom is -0.497 e. The van der Waals surface area contributed by atoms with Crippen molar-refractivity contribution in [3.63, 3.8) is 0 Å². The van der Waals surface area contributed by atoms with Crippen molar-refractivity contribution in [2.75, 3.05) is 20.8 Å². The molecule has 6 nitrogen and oxygen atoms in total. The van der Waals surface area contributed by atoms with E-state index < -0.39 is 0 Å². The first-order valence-corrected chi connectivity index (χ1v) is 12.6. The number of methoxy groups -OCH3 is 2. The van der Waals surface area contributed by atoms with Crippen LogP contribution in [0.5, 0.6) is 5.75 Å². The Balaban J connectivity index is 0.000000281. The molecule has 0 N–H and O–H groups in total. The second-order valence-corrected chi connectivity index (χ2v) is 9.04. The molecule has 0 bridgehead atoms. The van der Waals surface area contributed by atoms with Crippen LogP contribution in [-0.4, -0.2) is 44.0 Å². The summed E-state index contributed by atoms with van der Waals surface area (Å²) in [6, 6.07) is 22.4. The summed E-state index contributed by atoms with van der Waals surface area (Å²) in [7, 11) is 3.14. The van der Waals surface area contributed by atoms with Gasteiger partial charge in [0.25, 0.3) is 0 Å². The third-order valence-corrected chi connectivity index (χ3v) is 5.97. The molecule has 0 fully saturated rings. The SMILES string of the molecule is COCC(=O)CCc1ccc(C(C)=O)cc1.COc1ccc(CC(=O)CCc2ccc(C(C)=O)cc2)cc1. The molecule has 0 radical (unpaired) electrons. The molecular formula is C32H36O6. The highest BCUT2D eigenvalue weighted by atomic mass is 16.5. The van der Waals surface area contributed by atoms with E-state index in [2.05, 4.69) is 0 Å². The number of rotatable bonds is 13. The van der Waals surface area contributed by atoms with Crippen molar-refractivity contribution < 1.29 is 28.7 Å². The lowest BCUT2D eigenvalue weighted by atomic mass is 10.0. The highest BCUT2D eigenvalue weighted by Gasteiger charge is 2.06. The van der Waals surface area contributed by atoms with Gasteiger partial charge in [0.2, 0.25) is 0 Å². The quantitative estimate of drug-likeness (QED) is 0.272. The average Bonchev–Trinajstić information content (AvgIpc) is 2.92. The Labute approximate surface area is 225 Å². The summed E-state index contributed by atoms with van der Waals surface area (Å²) < 4.78 is 9.85. The van der Waals surface area contributed by atoms with Crippen LogP contribution < -0.4 is 4.74 Å². The van der Waals surface area contributed by atoms with Gasteiger partial charge in [0, 0.05) is 37.5 Å². The fourth-order valence-corrected chi connectivity index (χ4v) is 3.67. The van der Waals surface area contributed by atoms with E-state index in [1.807, 2.05) is 60.7 Å². The maximum Gasteiger partial charge on any atom is 0.159 e. The number of benzene rings is 3. The standard InChI is InChI=1S/C19H20O3.C13H16O3/c1-14(20)17-8-3-15(4-9-17)5-10-18(21)13-16-6-11-19(22-2)12-7-16;1-10(14)12-6-3-11(4-7-12)5-8-13(15)9-16-2/h3-4,6-9,11-12H,5,10,13H2,1-2H3;3-4,6-7H,5,8-9H2,1-2H3. The van der Waals surface area contributed by atoms with Gasteiger partial charge in [0.05, 0.1) is 7.11 Å². The molecule has 0 amide bonds. The second kappa shape index (κ2) is 16.0. The summed E-state index contributed by atoms with van der Waals surface area (Å²) in [5.41, 5.74) is 4.54. The van der Waals surface area contributed by atoms with Gasteiger partial charge >= 0.3 is 0 Å². The third-order valence-electron chi connectivity index (χ3n) is 5.97. The lowest BCUT2D eigenvalue weighted by Crippen LogP contribution is -2.07. The second-order valence-electron chi connectivity index (χ2n) is 9.04. The molecule has 0 saturated carbocycles. The summed E-state index contributed by atoms with van der Waals surface area (Å²) in [4.78, 5) is 45.5. The number of carbonyl (C=O) groups excluding carboxylic acids is 4. The fraction of sp³-hybridized carbons (Fsp3) is 0.312. The molecule has 0 atom stereocenters. The van der Waals surface area contributed by atoms with E-state index >= 15 is 0 Å². The van der Waals surface area contributed by atoms with Crippen LogP contribution in [0.15, 0.2) is 72.8 Å². The van der Waals surface area contributed by atoms with Crippen LogP contribution in [0.1, 0.15) is 64.1 Å². The molecule has 200 valence electrons. The normalized spacial score (nSPS) is 10.2. The molecular weight excluding hydrogens is 480 g/mol. The molecule has 0 aromatic heterocycles. The molecule has 0 aliphatic heterocycles. The number of aryl methyl sites for hydroxylation is 2. The van der Waals surface area contributed by atoms with Gasteiger partial charge in [-0.1, -0.05) is 60.7 Å². The zero-order valence-electron chi connectivity index (χ0n) is 22.6. The van der Waals surface area contributed by atoms with E-state index in [0.717, 1.165) is 22.4 Å². The Hall–Kier alpha value is -3.90. The van der Waals surface area contributed by atoms with E-state index in [1.165, 1.54) is 14.0 Å². The molecule has 3 rings (SSSR count). The van der Waals surface area contributed by atoms with Crippen molar-refractivity contribution in [3.05, 3.63) is 101 Å². The molecule has 0 aliphatic carbocycles. The molecule has 3 aromatic carbocycles. The van der Waals surface area contributed by atoms with Crippen molar-refractivity contribution >= 4 is 23.1 Å². The summed E-state index contributed by atoms with van der Waals surface area (Å²) >= 11 is 0. The van der Waals surface area contributed by atoms with Crippen LogP contribution in [0.2, 0.25) is 0 Å². The smallest absolute Gasteiger partial charge is 0.159 e. The van der Waals surface area contributed by atoms with Crippen LogP contribution in [0.25, 0.3) is 0 Å². The first kappa shape index (κ1) is 30.3. The first-order chi connectivity index (χ1) is 18.2. The third kappa shape index (κ3) is 11.0. The van der Waals surface area contributed by atoms with E-state index in [1.54, 1.807) is 26.2 Å². The highest BCUT2D eigenvalue weighted by Crippen LogP contribution is 2.14. The molecule has 0 saturated heterocycles. The molecule has 6 heteroatoms. The van der Waals surface area contributed by atoms with Crippen LogP contribution in [0.4, 0.5) is 0 Å². The summed E-state index contributed by atoms with van der Waals surface area (Å²) in [5, 5.41) is 0. The Morgan fingerprint density at radius 2 is 1.00 bits per heavy atom. The Morgan fingerprint density at radius 3 is 1.39 bits per heavy atom. The largest absolute Gasteiger partial charge is 0.497 e. The number of Topliss-reactive ketones (excluding diaryl/α,β-unsaturated/α-hetero) is 4. The number of hydrogen-bond acceptors (Lipinski definition) is 6. The maximum atomic E-state index is 12.0. The van der Waals surface area contributed by atoms with E-state index in [4.69, 9.17) is 9.47 Å². The first-order valence-electron chi connectivity index (χ1n) is 12.6. The average molecular weight is 517 g/mol. The van der Waals surface area contributed by atoms with Crippen molar-refractivity contribution in [2.24, 2.45) is 0 Å². The molecule has 0 unspecified atom stereocenters. The molecule has 0 spiro atoms. The van der Waals surface area contributed by atoms with E-state index in [9.17, 15) is 19.2 Å². The van der Waals surface area contributed by atoms with Crippen LogP contribution >= 0.6 is 0 Å². The van der Waals surface area contributed by atoms with Gasteiger partial charge in [-0.25, -0.2) is 0 Å². The predicted octanol–water partition coefficient (Wildman–Crippen LogP) is 5.68. The minimum atomic E-state index is 0.0574. The summed E-state index contributed by atoms with van der Waals surface area (Å²) in [6.07, 6.45) is 2.82. The zero-order valence-corrected chi connectivity index (χ0v) is 22.6. The minimum absolute atomic E-state index is 0.0574. The van der Waals surface area contributed by atoms with Gasteiger partial charge in [-0.05, 0) is 55.5 Å². The van der Waals surface area contributed by atoms with Gasteiger partial charge in [-0.3, -0.25) is 19.2 Å². The molecule has 0 heterocycles. The van der Waals surface area contributed by atoms with Crippen LogP contribution in [-0.2, 0) is 33.6 Å². The van der Waals surface area contributed by atoms with Crippen molar-refractivity contribution in [2.45, 2.75) is 46.0 Å².